The van der Waals surface area contributed by atoms with E-state index < -0.39 is 11.9 Å². The molecule has 4 nitrogen and oxygen atoms in total. The molecule has 0 saturated heterocycles. The Morgan fingerprint density at radius 2 is 1.77 bits per heavy atom. The SMILES string of the molecule is NC(=O)c1ccccc1COC(=O)/C=C/c1ccc(Cl)cc1. The molecule has 0 atom stereocenters. The monoisotopic (exact) mass is 315 g/mol. The number of halogens is 1. The van der Waals surface area contributed by atoms with Crippen LogP contribution in [-0.4, -0.2) is 11.9 Å². The summed E-state index contributed by atoms with van der Waals surface area (Å²) < 4.78 is 5.10. The average Bonchev–Trinajstić information content (AvgIpc) is 2.52. The summed E-state index contributed by atoms with van der Waals surface area (Å²) in [6.45, 7) is -0.0110. The first-order valence-corrected chi connectivity index (χ1v) is 6.92. The highest BCUT2D eigenvalue weighted by molar-refractivity contribution is 6.30. The third-order valence-corrected chi connectivity index (χ3v) is 3.19. The number of nitrogens with two attached hydrogens (primary N) is 1. The van der Waals surface area contributed by atoms with Crippen molar-refractivity contribution in [3.8, 4) is 0 Å². The van der Waals surface area contributed by atoms with E-state index in [1.807, 2.05) is 0 Å². The van der Waals surface area contributed by atoms with Gasteiger partial charge in [-0.05, 0) is 29.8 Å². The van der Waals surface area contributed by atoms with Gasteiger partial charge in [0, 0.05) is 22.2 Å². The fourth-order valence-electron chi connectivity index (χ4n) is 1.82. The van der Waals surface area contributed by atoms with Gasteiger partial charge >= 0.3 is 5.97 Å². The molecule has 2 aromatic carbocycles. The van der Waals surface area contributed by atoms with Crippen LogP contribution in [-0.2, 0) is 16.1 Å². The molecule has 0 saturated carbocycles. The molecule has 2 aromatic rings. The maximum atomic E-state index is 11.7. The quantitative estimate of drug-likeness (QED) is 0.680. The molecule has 2 N–H and O–H groups in total. The number of primary amides is 1. The van der Waals surface area contributed by atoms with Crippen LogP contribution in [0.4, 0.5) is 0 Å². The first-order chi connectivity index (χ1) is 10.6. The minimum absolute atomic E-state index is 0.0110. The van der Waals surface area contributed by atoms with Crippen molar-refractivity contribution in [2.24, 2.45) is 5.73 Å². The predicted octanol–water partition coefficient (Wildman–Crippen LogP) is 3.20. The molecule has 2 rings (SSSR count). The van der Waals surface area contributed by atoms with E-state index in [1.54, 1.807) is 54.6 Å². The number of carbonyl (C=O) groups excluding carboxylic acids is 2. The minimum Gasteiger partial charge on any atom is -0.458 e. The summed E-state index contributed by atoms with van der Waals surface area (Å²) in [5.74, 6) is -1.06. The molecular formula is C17H14ClNO3. The standard InChI is InChI=1S/C17H14ClNO3/c18-14-8-5-12(6-9-14)7-10-16(20)22-11-13-3-1-2-4-15(13)17(19)21/h1-10H,11H2,(H2,19,21)/b10-7+. The second-order valence-electron chi connectivity index (χ2n) is 4.51. The first kappa shape index (κ1) is 15.8. The van der Waals surface area contributed by atoms with Gasteiger partial charge in [0.1, 0.15) is 6.61 Å². The van der Waals surface area contributed by atoms with Crippen LogP contribution in [0.1, 0.15) is 21.5 Å². The molecule has 0 aliphatic rings. The molecule has 0 spiro atoms. The summed E-state index contributed by atoms with van der Waals surface area (Å²) in [5.41, 5.74) is 7.01. The second-order valence-corrected chi connectivity index (χ2v) is 4.95. The highest BCUT2D eigenvalue weighted by atomic mass is 35.5. The summed E-state index contributed by atoms with van der Waals surface area (Å²) >= 11 is 5.78. The van der Waals surface area contributed by atoms with Crippen LogP contribution in [0.5, 0.6) is 0 Å². The zero-order valence-corrected chi connectivity index (χ0v) is 12.4. The van der Waals surface area contributed by atoms with Crippen LogP contribution in [0, 0.1) is 0 Å². The fraction of sp³-hybridized carbons (Fsp3) is 0.0588. The van der Waals surface area contributed by atoms with Crippen LogP contribution in [0.2, 0.25) is 5.02 Å². The molecule has 0 unspecified atom stereocenters. The predicted molar refractivity (Wildman–Crippen MR) is 85.2 cm³/mol. The molecule has 5 heteroatoms. The molecule has 112 valence electrons. The molecule has 0 bridgehead atoms. The van der Waals surface area contributed by atoms with Crippen LogP contribution in [0.15, 0.2) is 54.6 Å². The smallest absolute Gasteiger partial charge is 0.331 e. The number of esters is 1. The maximum Gasteiger partial charge on any atom is 0.331 e. The zero-order chi connectivity index (χ0) is 15.9. The summed E-state index contributed by atoms with van der Waals surface area (Å²) in [7, 11) is 0. The van der Waals surface area contributed by atoms with Crippen molar-refractivity contribution in [2.75, 3.05) is 0 Å². The number of hydrogen-bond donors (Lipinski definition) is 1. The number of ether oxygens (including phenoxy) is 1. The Bertz CT molecular complexity index is 708. The van der Waals surface area contributed by atoms with Gasteiger partial charge in [-0.3, -0.25) is 4.79 Å². The third kappa shape index (κ3) is 4.46. The molecule has 22 heavy (non-hydrogen) atoms. The van der Waals surface area contributed by atoms with E-state index in [0.29, 0.717) is 16.1 Å². The topological polar surface area (TPSA) is 69.4 Å². The van der Waals surface area contributed by atoms with Crippen molar-refractivity contribution in [3.63, 3.8) is 0 Å². The average molecular weight is 316 g/mol. The van der Waals surface area contributed by atoms with Gasteiger partial charge in [0.25, 0.3) is 0 Å². The van der Waals surface area contributed by atoms with Gasteiger partial charge in [0.2, 0.25) is 5.91 Å². The van der Waals surface area contributed by atoms with Crippen LogP contribution >= 0.6 is 11.6 Å². The Morgan fingerprint density at radius 1 is 1.09 bits per heavy atom. The summed E-state index contributed by atoms with van der Waals surface area (Å²) in [4.78, 5) is 22.9. The van der Waals surface area contributed by atoms with Crippen LogP contribution in [0.25, 0.3) is 6.08 Å². The van der Waals surface area contributed by atoms with Crippen molar-refractivity contribution >= 4 is 29.6 Å². The lowest BCUT2D eigenvalue weighted by Crippen LogP contribution is -2.14. The van der Waals surface area contributed by atoms with E-state index in [2.05, 4.69) is 0 Å². The maximum absolute atomic E-state index is 11.7. The Labute approximate surface area is 133 Å². The molecule has 0 heterocycles. The number of rotatable bonds is 5. The van der Waals surface area contributed by atoms with Crippen LogP contribution in [0.3, 0.4) is 0 Å². The Morgan fingerprint density at radius 3 is 2.45 bits per heavy atom. The van der Waals surface area contributed by atoms with Gasteiger partial charge in [-0.25, -0.2) is 4.79 Å². The molecule has 1 amide bonds. The van der Waals surface area contributed by atoms with E-state index in [1.165, 1.54) is 6.08 Å². The van der Waals surface area contributed by atoms with E-state index >= 15 is 0 Å². The molecule has 0 fully saturated rings. The lowest BCUT2D eigenvalue weighted by molar-refractivity contribution is -0.138. The summed E-state index contributed by atoms with van der Waals surface area (Å²) in [6, 6.07) is 13.8. The summed E-state index contributed by atoms with van der Waals surface area (Å²) in [5, 5.41) is 0.628. The largest absolute Gasteiger partial charge is 0.458 e. The third-order valence-electron chi connectivity index (χ3n) is 2.93. The first-order valence-electron chi connectivity index (χ1n) is 6.54. The Kier molecular flexibility index (Phi) is 5.33. The van der Waals surface area contributed by atoms with Crippen molar-refractivity contribution in [2.45, 2.75) is 6.61 Å². The van der Waals surface area contributed by atoms with E-state index in [0.717, 1.165) is 5.56 Å². The Hall–Kier alpha value is -2.59. The van der Waals surface area contributed by atoms with Gasteiger partial charge < -0.3 is 10.5 Å². The molecule has 0 aliphatic carbocycles. The number of hydrogen-bond acceptors (Lipinski definition) is 3. The van der Waals surface area contributed by atoms with Gasteiger partial charge in [-0.1, -0.05) is 41.9 Å². The van der Waals surface area contributed by atoms with Gasteiger partial charge in [-0.15, -0.1) is 0 Å². The second kappa shape index (κ2) is 7.43. The highest BCUT2D eigenvalue weighted by Crippen LogP contribution is 2.12. The van der Waals surface area contributed by atoms with E-state index in [4.69, 9.17) is 22.1 Å². The van der Waals surface area contributed by atoms with Crippen molar-refractivity contribution in [1.29, 1.82) is 0 Å². The van der Waals surface area contributed by atoms with Gasteiger partial charge in [-0.2, -0.15) is 0 Å². The minimum atomic E-state index is -0.552. The molecule has 0 aromatic heterocycles. The Balaban J connectivity index is 1.96. The number of amides is 1. The lowest BCUT2D eigenvalue weighted by atomic mass is 10.1. The number of benzene rings is 2. The van der Waals surface area contributed by atoms with Crippen LogP contribution < -0.4 is 5.73 Å². The molecular weight excluding hydrogens is 302 g/mol. The van der Waals surface area contributed by atoms with E-state index in [9.17, 15) is 9.59 Å². The molecule has 0 aliphatic heterocycles. The van der Waals surface area contributed by atoms with E-state index in [-0.39, 0.29) is 6.61 Å². The lowest BCUT2D eigenvalue weighted by Gasteiger charge is -2.06. The van der Waals surface area contributed by atoms with Crippen molar-refractivity contribution in [3.05, 3.63) is 76.3 Å². The number of carbonyl (C=O) groups is 2. The molecule has 0 radical (unpaired) electrons. The summed E-state index contributed by atoms with van der Waals surface area (Å²) in [6.07, 6.45) is 2.94. The highest BCUT2D eigenvalue weighted by Gasteiger charge is 2.08. The van der Waals surface area contributed by atoms with Crippen molar-refractivity contribution < 1.29 is 14.3 Å². The van der Waals surface area contributed by atoms with Gasteiger partial charge in [0.05, 0.1) is 0 Å². The normalized spacial score (nSPS) is 10.6. The zero-order valence-electron chi connectivity index (χ0n) is 11.7. The van der Waals surface area contributed by atoms with Crippen molar-refractivity contribution in [1.82, 2.24) is 0 Å². The fourth-order valence-corrected chi connectivity index (χ4v) is 1.95. The van der Waals surface area contributed by atoms with Gasteiger partial charge in [0.15, 0.2) is 0 Å².